The summed E-state index contributed by atoms with van der Waals surface area (Å²) in [6.07, 6.45) is 4.48. The van der Waals surface area contributed by atoms with Crippen molar-refractivity contribution in [3.8, 4) is 0 Å². The molecule has 110 valence electrons. The molecule has 0 aliphatic heterocycles. The van der Waals surface area contributed by atoms with Crippen LogP contribution >= 0.6 is 0 Å². The Kier molecular flexibility index (Phi) is 3.77. The average Bonchev–Trinajstić information content (AvgIpc) is 2.51. The molecule has 0 spiro atoms. The number of rotatable bonds is 2. The fraction of sp³-hybridized carbons (Fsp3) is 0.333. The van der Waals surface area contributed by atoms with Crippen LogP contribution in [0.5, 0.6) is 0 Å². The van der Waals surface area contributed by atoms with Gasteiger partial charge in [0, 0.05) is 5.56 Å². The Bertz CT molecular complexity index is 679. The quantitative estimate of drug-likeness (QED) is 0.880. The van der Waals surface area contributed by atoms with Crippen molar-refractivity contribution < 1.29 is 8.78 Å². The molecule has 1 atom stereocenters. The first-order valence-corrected chi connectivity index (χ1v) is 7.39. The van der Waals surface area contributed by atoms with Gasteiger partial charge in [0.2, 0.25) is 0 Å². The summed E-state index contributed by atoms with van der Waals surface area (Å²) in [5, 5.41) is 0. The van der Waals surface area contributed by atoms with Crippen LogP contribution in [-0.2, 0) is 12.8 Å². The highest BCUT2D eigenvalue weighted by Crippen LogP contribution is 2.30. The van der Waals surface area contributed by atoms with Crippen molar-refractivity contribution in [2.24, 2.45) is 5.73 Å². The van der Waals surface area contributed by atoms with E-state index in [2.05, 4.69) is 6.07 Å². The second kappa shape index (κ2) is 5.57. The van der Waals surface area contributed by atoms with Crippen LogP contribution in [-0.4, -0.2) is 0 Å². The van der Waals surface area contributed by atoms with E-state index in [0.717, 1.165) is 18.4 Å². The summed E-state index contributed by atoms with van der Waals surface area (Å²) >= 11 is 0. The Morgan fingerprint density at radius 3 is 2.48 bits per heavy atom. The zero-order valence-corrected chi connectivity index (χ0v) is 12.1. The molecule has 3 heteroatoms. The average molecular weight is 287 g/mol. The Morgan fingerprint density at radius 2 is 1.71 bits per heavy atom. The third-order valence-corrected chi connectivity index (χ3v) is 4.36. The summed E-state index contributed by atoms with van der Waals surface area (Å²) in [5.74, 6) is -1.12. The summed E-state index contributed by atoms with van der Waals surface area (Å²) in [5.41, 5.74) is 9.90. The van der Waals surface area contributed by atoms with Crippen LogP contribution in [0.4, 0.5) is 8.78 Å². The molecule has 2 aromatic carbocycles. The van der Waals surface area contributed by atoms with Gasteiger partial charge in [-0.25, -0.2) is 8.78 Å². The van der Waals surface area contributed by atoms with Crippen LogP contribution < -0.4 is 5.73 Å². The Hall–Kier alpha value is -1.74. The third-order valence-electron chi connectivity index (χ3n) is 4.36. The van der Waals surface area contributed by atoms with Crippen LogP contribution in [0.25, 0.3) is 0 Å². The van der Waals surface area contributed by atoms with Gasteiger partial charge in [-0.2, -0.15) is 0 Å². The Labute approximate surface area is 123 Å². The van der Waals surface area contributed by atoms with Crippen LogP contribution in [0.3, 0.4) is 0 Å². The summed E-state index contributed by atoms with van der Waals surface area (Å²) in [7, 11) is 0. The Balaban J connectivity index is 2.03. The van der Waals surface area contributed by atoms with Crippen molar-refractivity contribution in [2.75, 3.05) is 0 Å². The molecule has 1 unspecified atom stereocenters. The molecule has 0 heterocycles. The lowest BCUT2D eigenvalue weighted by Gasteiger charge is -2.20. The topological polar surface area (TPSA) is 26.0 Å². The molecule has 3 rings (SSSR count). The minimum atomic E-state index is -0.767. The van der Waals surface area contributed by atoms with Crippen molar-refractivity contribution >= 4 is 0 Å². The first-order chi connectivity index (χ1) is 10.1. The predicted octanol–water partition coefficient (Wildman–Crippen LogP) is 4.20. The lowest BCUT2D eigenvalue weighted by atomic mass is 9.87. The molecular weight excluding hydrogens is 268 g/mol. The molecule has 0 saturated heterocycles. The smallest absolute Gasteiger partial charge is 0.134 e. The summed E-state index contributed by atoms with van der Waals surface area (Å²) in [6.45, 7) is 1.62. The lowest BCUT2D eigenvalue weighted by molar-refractivity contribution is 0.538. The van der Waals surface area contributed by atoms with E-state index in [1.165, 1.54) is 36.1 Å². The number of fused-ring (bicyclic) bond motifs is 1. The van der Waals surface area contributed by atoms with E-state index >= 15 is 0 Å². The minimum Gasteiger partial charge on any atom is -0.320 e. The normalized spacial score (nSPS) is 15.6. The van der Waals surface area contributed by atoms with Gasteiger partial charge in [-0.1, -0.05) is 24.3 Å². The van der Waals surface area contributed by atoms with E-state index in [9.17, 15) is 8.78 Å². The molecule has 0 fully saturated rings. The molecule has 0 saturated carbocycles. The second-order valence-electron chi connectivity index (χ2n) is 5.80. The number of hydrogen-bond donors (Lipinski definition) is 1. The highest BCUT2D eigenvalue weighted by Gasteiger charge is 2.21. The van der Waals surface area contributed by atoms with E-state index in [0.29, 0.717) is 5.56 Å². The van der Waals surface area contributed by atoms with Gasteiger partial charge in [-0.3, -0.25) is 0 Å². The van der Waals surface area contributed by atoms with Crippen molar-refractivity contribution in [2.45, 2.75) is 38.6 Å². The van der Waals surface area contributed by atoms with E-state index in [-0.39, 0.29) is 5.56 Å². The van der Waals surface area contributed by atoms with Gasteiger partial charge in [0.25, 0.3) is 0 Å². The van der Waals surface area contributed by atoms with Crippen molar-refractivity contribution in [1.29, 1.82) is 0 Å². The highest BCUT2D eigenvalue weighted by molar-refractivity contribution is 5.40. The number of halogens is 2. The predicted molar refractivity (Wildman–Crippen MR) is 80.2 cm³/mol. The zero-order valence-electron chi connectivity index (χ0n) is 12.1. The molecule has 0 aromatic heterocycles. The highest BCUT2D eigenvalue weighted by atomic mass is 19.1. The van der Waals surface area contributed by atoms with Gasteiger partial charge >= 0.3 is 0 Å². The minimum absolute atomic E-state index is 0.0363. The monoisotopic (exact) mass is 287 g/mol. The molecule has 2 N–H and O–H groups in total. The maximum absolute atomic E-state index is 14.2. The fourth-order valence-corrected chi connectivity index (χ4v) is 3.08. The SMILES string of the molecule is Cc1ccc(F)c(C(N)c2ccc3c(c2)CCCC3)c1F. The second-order valence-corrected chi connectivity index (χ2v) is 5.80. The first kappa shape index (κ1) is 14.2. The number of aryl methyl sites for hydroxylation is 3. The van der Waals surface area contributed by atoms with Gasteiger partial charge in [-0.05, 0) is 60.9 Å². The van der Waals surface area contributed by atoms with Gasteiger partial charge < -0.3 is 5.73 Å². The summed E-state index contributed by atoms with van der Waals surface area (Å²) in [4.78, 5) is 0. The number of benzene rings is 2. The summed E-state index contributed by atoms with van der Waals surface area (Å²) < 4.78 is 28.2. The fourth-order valence-electron chi connectivity index (χ4n) is 3.08. The van der Waals surface area contributed by atoms with Crippen LogP contribution in [0.1, 0.15) is 46.7 Å². The van der Waals surface area contributed by atoms with Gasteiger partial charge in [0.15, 0.2) is 0 Å². The number of hydrogen-bond acceptors (Lipinski definition) is 1. The van der Waals surface area contributed by atoms with E-state index in [4.69, 9.17) is 5.73 Å². The molecule has 1 nitrogen and oxygen atoms in total. The van der Waals surface area contributed by atoms with Crippen LogP contribution in [0.15, 0.2) is 30.3 Å². The number of nitrogens with two attached hydrogens (primary N) is 1. The van der Waals surface area contributed by atoms with Gasteiger partial charge in [0.1, 0.15) is 11.6 Å². The standard InChI is InChI=1S/C18H19F2N/c1-11-6-9-15(19)16(17(11)20)18(21)14-8-7-12-4-2-3-5-13(12)10-14/h6-10,18H,2-5,21H2,1H3. The van der Waals surface area contributed by atoms with Gasteiger partial charge in [-0.15, -0.1) is 0 Å². The van der Waals surface area contributed by atoms with Crippen molar-refractivity contribution in [1.82, 2.24) is 0 Å². The molecular formula is C18H19F2N. The van der Waals surface area contributed by atoms with Crippen LogP contribution in [0.2, 0.25) is 0 Å². The molecule has 0 bridgehead atoms. The van der Waals surface area contributed by atoms with E-state index in [1.807, 2.05) is 12.1 Å². The molecule has 2 aromatic rings. The lowest BCUT2D eigenvalue weighted by Crippen LogP contribution is -2.17. The van der Waals surface area contributed by atoms with Crippen LogP contribution in [0, 0.1) is 18.6 Å². The maximum atomic E-state index is 14.2. The van der Waals surface area contributed by atoms with E-state index in [1.54, 1.807) is 6.92 Å². The largest absolute Gasteiger partial charge is 0.320 e. The molecule has 0 amide bonds. The molecule has 1 aliphatic carbocycles. The molecule has 1 aliphatic rings. The Morgan fingerprint density at radius 1 is 1.00 bits per heavy atom. The maximum Gasteiger partial charge on any atom is 0.134 e. The van der Waals surface area contributed by atoms with Crippen molar-refractivity contribution in [3.05, 3.63) is 69.8 Å². The van der Waals surface area contributed by atoms with Crippen molar-refractivity contribution in [3.63, 3.8) is 0 Å². The summed E-state index contributed by atoms with van der Waals surface area (Å²) in [6, 6.07) is 7.92. The molecule has 0 radical (unpaired) electrons. The van der Waals surface area contributed by atoms with E-state index < -0.39 is 17.7 Å². The van der Waals surface area contributed by atoms with Gasteiger partial charge in [0.05, 0.1) is 6.04 Å². The first-order valence-electron chi connectivity index (χ1n) is 7.39. The zero-order chi connectivity index (χ0) is 15.0. The molecule has 21 heavy (non-hydrogen) atoms. The third kappa shape index (κ3) is 2.58.